The minimum Gasteiger partial charge on any atom is -0.355 e. The van der Waals surface area contributed by atoms with Crippen LogP contribution >= 0.6 is 11.8 Å². The molecule has 3 rings (SSSR count). The number of pyridine rings is 1. The molecule has 2 aromatic rings. The summed E-state index contributed by atoms with van der Waals surface area (Å²) in [6, 6.07) is 10.4. The number of nitrogens with zero attached hydrogens (tertiary/aromatic N) is 2. The van der Waals surface area contributed by atoms with E-state index in [9.17, 15) is 0 Å². The molecule has 0 bridgehead atoms. The predicted octanol–water partition coefficient (Wildman–Crippen LogP) is 2.80. The zero-order valence-corrected chi connectivity index (χ0v) is 13.7. The van der Waals surface area contributed by atoms with Crippen molar-refractivity contribution in [2.75, 3.05) is 19.3 Å². The molecular weight excluding hydrogens is 292 g/mol. The smallest absolute Gasteiger partial charge is 0.191 e. The molecule has 1 aromatic heterocycles. The van der Waals surface area contributed by atoms with Crippen molar-refractivity contribution in [1.29, 1.82) is 0 Å². The van der Waals surface area contributed by atoms with Gasteiger partial charge in [-0.1, -0.05) is 24.3 Å². The Morgan fingerprint density at radius 3 is 3.05 bits per heavy atom. The highest BCUT2D eigenvalue weighted by Gasteiger charge is 2.15. The van der Waals surface area contributed by atoms with E-state index in [0.717, 1.165) is 18.2 Å². The predicted molar refractivity (Wildman–Crippen MR) is 95.4 cm³/mol. The monoisotopic (exact) mass is 314 g/mol. The molecule has 1 aromatic carbocycles. The fourth-order valence-corrected chi connectivity index (χ4v) is 3.93. The molecule has 1 saturated heterocycles. The van der Waals surface area contributed by atoms with Crippen molar-refractivity contribution < 1.29 is 0 Å². The SMILES string of the molecule is CN=C(NCc1nccc2ccccc12)NCC1CCCS1. The number of hydrogen-bond acceptors (Lipinski definition) is 3. The topological polar surface area (TPSA) is 49.3 Å². The lowest BCUT2D eigenvalue weighted by Gasteiger charge is -2.15. The van der Waals surface area contributed by atoms with E-state index in [1.54, 1.807) is 0 Å². The Morgan fingerprint density at radius 2 is 2.23 bits per heavy atom. The minimum atomic E-state index is 0.679. The zero-order chi connectivity index (χ0) is 15.2. The van der Waals surface area contributed by atoms with Gasteiger partial charge in [0, 0.05) is 30.4 Å². The first-order chi connectivity index (χ1) is 10.9. The van der Waals surface area contributed by atoms with Gasteiger partial charge in [0.2, 0.25) is 0 Å². The Balaban J connectivity index is 1.59. The fraction of sp³-hybridized carbons (Fsp3) is 0.412. The molecule has 2 N–H and O–H groups in total. The Morgan fingerprint density at radius 1 is 1.32 bits per heavy atom. The molecule has 2 heterocycles. The number of hydrogen-bond donors (Lipinski definition) is 2. The van der Waals surface area contributed by atoms with E-state index in [1.165, 1.54) is 29.4 Å². The summed E-state index contributed by atoms with van der Waals surface area (Å²) in [7, 11) is 1.81. The number of guanidine groups is 1. The summed E-state index contributed by atoms with van der Waals surface area (Å²) in [5.41, 5.74) is 1.05. The number of aliphatic imine (C=N–C) groups is 1. The first-order valence-corrected chi connectivity index (χ1v) is 8.80. The van der Waals surface area contributed by atoms with Crippen molar-refractivity contribution in [3.05, 3.63) is 42.2 Å². The van der Waals surface area contributed by atoms with E-state index in [2.05, 4.69) is 56.6 Å². The molecule has 0 saturated carbocycles. The first-order valence-electron chi connectivity index (χ1n) is 7.75. The van der Waals surface area contributed by atoms with Crippen LogP contribution < -0.4 is 10.6 Å². The van der Waals surface area contributed by atoms with E-state index in [4.69, 9.17) is 0 Å². The van der Waals surface area contributed by atoms with Crippen LogP contribution in [-0.4, -0.2) is 35.5 Å². The molecule has 4 nitrogen and oxygen atoms in total. The molecule has 0 spiro atoms. The maximum absolute atomic E-state index is 4.50. The van der Waals surface area contributed by atoms with Crippen LogP contribution in [0.2, 0.25) is 0 Å². The quantitative estimate of drug-likeness (QED) is 0.673. The van der Waals surface area contributed by atoms with Crippen LogP contribution in [0, 0.1) is 0 Å². The van der Waals surface area contributed by atoms with E-state index in [1.807, 2.05) is 19.3 Å². The second kappa shape index (κ2) is 7.49. The Bertz CT molecular complexity index is 645. The average Bonchev–Trinajstić information content (AvgIpc) is 3.08. The van der Waals surface area contributed by atoms with Crippen LogP contribution in [0.3, 0.4) is 0 Å². The van der Waals surface area contributed by atoms with Gasteiger partial charge in [-0.3, -0.25) is 9.98 Å². The van der Waals surface area contributed by atoms with Gasteiger partial charge in [-0.15, -0.1) is 0 Å². The maximum atomic E-state index is 4.50. The van der Waals surface area contributed by atoms with Crippen LogP contribution in [0.5, 0.6) is 0 Å². The molecule has 0 amide bonds. The van der Waals surface area contributed by atoms with Crippen LogP contribution in [0.1, 0.15) is 18.5 Å². The van der Waals surface area contributed by atoms with Crippen molar-refractivity contribution in [2.45, 2.75) is 24.6 Å². The number of aromatic nitrogens is 1. The first kappa shape index (κ1) is 15.2. The Kier molecular flexibility index (Phi) is 5.16. The summed E-state index contributed by atoms with van der Waals surface area (Å²) in [4.78, 5) is 8.80. The Labute approximate surface area is 135 Å². The fourth-order valence-electron chi connectivity index (χ4n) is 2.73. The van der Waals surface area contributed by atoms with Crippen LogP contribution in [0.4, 0.5) is 0 Å². The number of benzene rings is 1. The highest BCUT2D eigenvalue weighted by atomic mass is 32.2. The van der Waals surface area contributed by atoms with Gasteiger partial charge in [0.15, 0.2) is 5.96 Å². The highest BCUT2D eigenvalue weighted by Crippen LogP contribution is 2.25. The summed E-state index contributed by atoms with van der Waals surface area (Å²) >= 11 is 2.05. The van der Waals surface area contributed by atoms with Gasteiger partial charge in [0.05, 0.1) is 12.2 Å². The largest absolute Gasteiger partial charge is 0.355 e. The van der Waals surface area contributed by atoms with E-state index < -0.39 is 0 Å². The van der Waals surface area contributed by atoms with Crippen molar-refractivity contribution in [3.8, 4) is 0 Å². The molecule has 5 heteroatoms. The third-order valence-corrected chi connectivity index (χ3v) is 5.32. The van der Waals surface area contributed by atoms with Gasteiger partial charge < -0.3 is 10.6 Å². The minimum absolute atomic E-state index is 0.679. The summed E-state index contributed by atoms with van der Waals surface area (Å²) in [6.07, 6.45) is 4.51. The molecule has 0 radical (unpaired) electrons. The van der Waals surface area contributed by atoms with Crippen molar-refractivity contribution >= 4 is 28.5 Å². The molecule has 1 atom stereocenters. The van der Waals surface area contributed by atoms with Crippen LogP contribution in [0.25, 0.3) is 10.8 Å². The summed E-state index contributed by atoms with van der Waals surface area (Å²) < 4.78 is 0. The van der Waals surface area contributed by atoms with Crippen LogP contribution in [-0.2, 0) is 6.54 Å². The summed E-state index contributed by atoms with van der Waals surface area (Å²) in [5, 5.41) is 9.92. The molecule has 22 heavy (non-hydrogen) atoms. The van der Waals surface area contributed by atoms with Crippen molar-refractivity contribution in [3.63, 3.8) is 0 Å². The molecule has 0 aliphatic carbocycles. The van der Waals surface area contributed by atoms with Gasteiger partial charge in [-0.2, -0.15) is 11.8 Å². The van der Waals surface area contributed by atoms with Gasteiger partial charge in [-0.05, 0) is 30.0 Å². The lowest BCUT2D eigenvalue weighted by Crippen LogP contribution is -2.39. The van der Waals surface area contributed by atoms with Gasteiger partial charge in [-0.25, -0.2) is 0 Å². The highest BCUT2D eigenvalue weighted by molar-refractivity contribution is 8.00. The van der Waals surface area contributed by atoms with Crippen LogP contribution in [0.15, 0.2) is 41.5 Å². The van der Waals surface area contributed by atoms with Crippen molar-refractivity contribution in [2.24, 2.45) is 4.99 Å². The standard InChI is InChI=1S/C17H22N4S/c1-18-17(20-11-14-6-4-10-22-14)21-12-16-15-7-3-2-5-13(15)8-9-19-16/h2-3,5,7-9,14H,4,6,10-12H2,1H3,(H2,18,20,21). The van der Waals surface area contributed by atoms with Gasteiger partial charge >= 0.3 is 0 Å². The zero-order valence-electron chi connectivity index (χ0n) is 12.9. The second-order valence-electron chi connectivity index (χ2n) is 5.42. The van der Waals surface area contributed by atoms with E-state index in [0.29, 0.717) is 11.8 Å². The molecule has 1 aliphatic rings. The maximum Gasteiger partial charge on any atom is 0.191 e. The van der Waals surface area contributed by atoms with E-state index >= 15 is 0 Å². The molecule has 1 unspecified atom stereocenters. The summed E-state index contributed by atoms with van der Waals surface area (Å²) in [6.45, 7) is 1.66. The van der Waals surface area contributed by atoms with E-state index in [-0.39, 0.29) is 0 Å². The number of fused-ring (bicyclic) bond motifs is 1. The molecule has 1 aliphatic heterocycles. The molecule has 1 fully saturated rings. The lowest BCUT2D eigenvalue weighted by atomic mass is 10.1. The third-order valence-electron chi connectivity index (χ3n) is 3.92. The second-order valence-corrected chi connectivity index (χ2v) is 6.83. The molecular formula is C17H22N4S. The van der Waals surface area contributed by atoms with Crippen molar-refractivity contribution in [1.82, 2.24) is 15.6 Å². The number of rotatable bonds is 4. The molecule has 116 valence electrons. The van der Waals surface area contributed by atoms with Gasteiger partial charge in [0.1, 0.15) is 0 Å². The normalized spacial score (nSPS) is 18.6. The number of nitrogens with one attached hydrogen (secondary N) is 2. The average molecular weight is 314 g/mol. The Hall–Kier alpha value is -1.75. The third kappa shape index (κ3) is 3.71. The lowest BCUT2D eigenvalue weighted by molar-refractivity contribution is 0.724. The number of thioether (sulfide) groups is 1. The van der Waals surface area contributed by atoms with Gasteiger partial charge in [0.25, 0.3) is 0 Å². The summed E-state index contributed by atoms with van der Waals surface area (Å²) in [5.74, 6) is 2.14.